The summed E-state index contributed by atoms with van der Waals surface area (Å²) < 4.78 is 24.2. The van der Waals surface area contributed by atoms with Crippen molar-refractivity contribution >= 4 is 0 Å². The molecule has 2 unspecified atom stereocenters. The third-order valence-electron chi connectivity index (χ3n) is 9.21. The number of hydrogen-bond donors (Lipinski definition) is 0. The molecule has 2 heterocycles. The van der Waals surface area contributed by atoms with Gasteiger partial charge in [0.2, 0.25) is 0 Å². The van der Waals surface area contributed by atoms with Crippen LogP contribution in [0.2, 0.25) is 0 Å². The lowest BCUT2D eigenvalue weighted by atomic mass is 9.47. The van der Waals surface area contributed by atoms with Crippen LogP contribution in [0.1, 0.15) is 82.4 Å². The molecule has 1 aromatic rings. The molecule has 1 aromatic carbocycles. The zero-order valence-electron chi connectivity index (χ0n) is 20.4. The molecule has 4 aliphatic carbocycles. The van der Waals surface area contributed by atoms with Crippen molar-refractivity contribution in [3.05, 3.63) is 22.8 Å². The van der Waals surface area contributed by atoms with Crippen LogP contribution >= 0.6 is 0 Å². The summed E-state index contributed by atoms with van der Waals surface area (Å²) in [6.07, 6.45) is 9.96. The van der Waals surface area contributed by atoms with Gasteiger partial charge in [0.1, 0.15) is 36.9 Å². The van der Waals surface area contributed by atoms with E-state index in [4.69, 9.17) is 18.9 Å². The van der Waals surface area contributed by atoms with E-state index in [1.165, 1.54) is 55.2 Å². The van der Waals surface area contributed by atoms with E-state index >= 15 is 0 Å². The normalized spacial score (nSPS) is 36.9. The number of aryl methyl sites for hydroxylation is 1. The van der Waals surface area contributed by atoms with Crippen molar-refractivity contribution in [2.45, 2.75) is 95.7 Å². The highest BCUT2D eigenvalue weighted by Crippen LogP contribution is 2.63. The lowest BCUT2D eigenvalue weighted by molar-refractivity contribution is -0.00689. The maximum atomic E-state index is 6.78. The third kappa shape index (κ3) is 3.76. The minimum atomic E-state index is -0.0236. The van der Waals surface area contributed by atoms with Crippen LogP contribution in [0.5, 0.6) is 11.5 Å². The van der Waals surface area contributed by atoms with Gasteiger partial charge in [-0.2, -0.15) is 0 Å². The van der Waals surface area contributed by atoms with Gasteiger partial charge < -0.3 is 18.9 Å². The molecule has 4 heteroatoms. The van der Waals surface area contributed by atoms with Crippen molar-refractivity contribution in [2.75, 3.05) is 26.4 Å². The average Bonchev–Trinajstić information content (AvgIpc) is 3.64. The SMILES string of the molecule is CCC(C)(C)c1c(OCC2CO2)cc(C)c(C23CC4CC(CC(C4)C2)C3)c1OCC1CO1. The first-order chi connectivity index (χ1) is 15.4. The molecule has 0 N–H and O–H groups in total. The molecule has 2 saturated heterocycles. The van der Waals surface area contributed by atoms with Gasteiger partial charge in [0.25, 0.3) is 0 Å². The number of epoxide rings is 2. The Morgan fingerprint density at radius 3 is 1.97 bits per heavy atom. The summed E-state index contributed by atoms with van der Waals surface area (Å²) in [5, 5.41) is 0. The highest BCUT2D eigenvalue weighted by atomic mass is 16.6. The maximum Gasteiger partial charge on any atom is 0.130 e. The molecule has 6 aliphatic rings. The van der Waals surface area contributed by atoms with Gasteiger partial charge in [0.05, 0.1) is 13.2 Å². The van der Waals surface area contributed by atoms with Gasteiger partial charge in [-0.1, -0.05) is 20.8 Å². The van der Waals surface area contributed by atoms with E-state index in [9.17, 15) is 0 Å². The number of benzene rings is 1. The van der Waals surface area contributed by atoms with Gasteiger partial charge in [-0.05, 0) is 86.7 Å². The van der Waals surface area contributed by atoms with Crippen LogP contribution in [0, 0.1) is 24.7 Å². The van der Waals surface area contributed by atoms with Crippen molar-refractivity contribution in [3.63, 3.8) is 0 Å². The van der Waals surface area contributed by atoms with Crippen LogP contribution in [-0.2, 0) is 20.3 Å². The molecule has 0 radical (unpaired) electrons. The summed E-state index contributed by atoms with van der Waals surface area (Å²) in [7, 11) is 0. The lowest BCUT2D eigenvalue weighted by Gasteiger charge is -2.57. The Kier molecular flexibility index (Phi) is 5.08. The minimum Gasteiger partial charge on any atom is -0.490 e. The van der Waals surface area contributed by atoms with Gasteiger partial charge in [0, 0.05) is 16.5 Å². The first-order valence-electron chi connectivity index (χ1n) is 13.0. The smallest absolute Gasteiger partial charge is 0.130 e. The van der Waals surface area contributed by atoms with Crippen LogP contribution in [0.4, 0.5) is 0 Å². The second kappa shape index (κ2) is 7.63. The quantitative estimate of drug-likeness (QED) is 0.462. The second-order valence-electron chi connectivity index (χ2n) is 12.2. The van der Waals surface area contributed by atoms with Crippen molar-refractivity contribution < 1.29 is 18.9 Å². The fourth-order valence-corrected chi connectivity index (χ4v) is 7.60. The molecule has 32 heavy (non-hydrogen) atoms. The van der Waals surface area contributed by atoms with Crippen molar-refractivity contribution in [2.24, 2.45) is 17.8 Å². The summed E-state index contributed by atoms with van der Waals surface area (Å²) in [6, 6.07) is 2.34. The summed E-state index contributed by atoms with van der Waals surface area (Å²) >= 11 is 0. The van der Waals surface area contributed by atoms with E-state index < -0.39 is 0 Å². The first-order valence-corrected chi connectivity index (χ1v) is 13.0. The lowest BCUT2D eigenvalue weighted by Crippen LogP contribution is -2.49. The molecule has 4 saturated carbocycles. The van der Waals surface area contributed by atoms with Gasteiger partial charge in [-0.15, -0.1) is 0 Å². The molecular formula is C28H40O4. The molecule has 0 spiro atoms. The van der Waals surface area contributed by atoms with E-state index in [0.717, 1.165) is 48.9 Å². The Labute approximate surface area is 193 Å². The van der Waals surface area contributed by atoms with E-state index in [2.05, 4.69) is 33.8 Å². The van der Waals surface area contributed by atoms with E-state index in [1.807, 2.05) is 0 Å². The fourth-order valence-electron chi connectivity index (χ4n) is 7.60. The highest BCUT2D eigenvalue weighted by molar-refractivity contribution is 5.60. The predicted octanol–water partition coefficient (Wildman–Crippen LogP) is 5.71. The molecule has 2 aliphatic heterocycles. The van der Waals surface area contributed by atoms with Crippen molar-refractivity contribution in [1.82, 2.24) is 0 Å². The Morgan fingerprint density at radius 2 is 1.47 bits per heavy atom. The summed E-state index contributed by atoms with van der Waals surface area (Å²) in [4.78, 5) is 0. The summed E-state index contributed by atoms with van der Waals surface area (Å²) in [5.74, 6) is 4.87. The van der Waals surface area contributed by atoms with E-state index in [1.54, 1.807) is 0 Å². The molecule has 6 fully saturated rings. The van der Waals surface area contributed by atoms with Crippen LogP contribution < -0.4 is 9.47 Å². The van der Waals surface area contributed by atoms with Crippen LogP contribution in [-0.4, -0.2) is 38.6 Å². The summed E-state index contributed by atoms with van der Waals surface area (Å²) in [6.45, 7) is 12.2. The predicted molar refractivity (Wildman–Crippen MR) is 125 cm³/mol. The van der Waals surface area contributed by atoms with E-state index in [0.29, 0.717) is 13.2 Å². The molecule has 4 bridgehead atoms. The molecular weight excluding hydrogens is 400 g/mol. The monoisotopic (exact) mass is 440 g/mol. The van der Waals surface area contributed by atoms with E-state index in [-0.39, 0.29) is 23.0 Å². The number of ether oxygens (including phenoxy) is 4. The summed E-state index contributed by atoms with van der Waals surface area (Å²) in [5.41, 5.74) is 4.42. The average molecular weight is 441 g/mol. The zero-order valence-corrected chi connectivity index (χ0v) is 20.4. The third-order valence-corrected chi connectivity index (χ3v) is 9.21. The van der Waals surface area contributed by atoms with Gasteiger partial charge >= 0.3 is 0 Å². The molecule has 4 nitrogen and oxygen atoms in total. The van der Waals surface area contributed by atoms with Crippen LogP contribution in [0.15, 0.2) is 6.07 Å². The molecule has 0 amide bonds. The number of hydrogen-bond acceptors (Lipinski definition) is 4. The standard InChI is InChI=1S/C28H40O4/c1-5-27(3,4)25-23(31-15-21-13-29-21)6-17(2)24(26(25)32-16-22-14-30-22)28-10-18-7-19(11-28)9-20(8-18)12-28/h6,18-22H,5,7-16H2,1-4H3. The van der Waals surface area contributed by atoms with Gasteiger partial charge in [0.15, 0.2) is 0 Å². The van der Waals surface area contributed by atoms with Crippen molar-refractivity contribution in [1.29, 1.82) is 0 Å². The fraction of sp³-hybridized carbons (Fsp3) is 0.786. The Balaban J connectivity index is 1.49. The van der Waals surface area contributed by atoms with Gasteiger partial charge in [-0.3, -0.25) is 0 Å². The Morgan fingerprint density at radius 1 is 0.938 bits per heavy atom. The molecule has 7 rings (SSSR count). The van der Waals surface area contributed by atoms with Crippen molar-refractivity contribution in [3.8, 4) is 11.5 Å². The van der Waals surface area contributed by atoms with Crippen LogP contribution in [0.25, 0.3) is 0 Å². The largest absolute Gasteiger partial charge is 0.490 e. The van der Waals surface area contributed by atoms with Crippen LogP contribution in [0.3, 0.4) is 0 Å². The minimum absolute atomic E-state index is 0.0236. The topological polar surface area (TPSA) is 43.5 Å². The number of rotatable bonds is 9. The molecule has 0 aromatic heterocycles. The first kappa shape index (κ1) is 21.3. The molecule has 2 atom stereocenters. The second-order valence-corrected chi connectivity index (χ2v) is 12.2. The zero-order chi connectivity index (χ0) is 22.1. The van der Waals surface area contributed by atoms with Gasteiger partial charge in [-0.25, -0.2) is 0 Å². The molecule has 176 valence electrons. The highest BCUT2D eigenvalue weighted by Gasteiger charge is 2.54. The maximum absolute atomic E-state index is 6.78. The Hall–Kier alpha value is -1.26. The Bertz CT molecular complexity index is 845.